The van der Waals surface area contributed by atoms with Crippen LogP contribution < -0.4 is 5.32 Å². The lowest BCUT2D eigenvalue weighted by atomic mass is 10.1. The molecule has 0 saturated carbocycles. The summed E-state index contributed by atoms with van der Waals surface area (Å²) in [4.78, 5) is 12.2. The highest BCUT2D eigenvalue weighted by atomic mass is 16.3. The first-order valence-electron chi connectivity index (χ1n) is 6.74. The second-order valence-corrected chi connectivity index (χ2v) is 4.88. The number of anilines is 1. The Morgan fingerprint density at radius 3 is 2.48 bits per heavy atom. The van der Waals surface area contributed by atoms with E-state index in [0.29, 0.717) is 5.56 Å². The molecule has 1 amide bonds. The third-order valence-electron chi connectivity index (χ3n) is 3.23. The SMILES string of the molecule is Cc1cccc(C(=O)Nc2ccc(-c3ccco3)cc2)c1. The molecule has 104 valence electrons. The minimum Gasteiger partial charge on any atom is -0.464 e. The standard InChI is InChI=1S/C18H15NO2/c1-13-4-2-5-15(12-13)18(20)19-16-9-7-14(8-10-16)17-6-3-11-21-17/h2-12H,1H3,(H,19,20). The van der Waals surface area contributed by atoms with Gasteiger partial charge in [0.1, 0.15) is 5.76 Å². The number of rotatable bonds is 3. The van der Waals surface area contributed by atoms with Gasteiger partial charge in [0, 0.05) is 16.8 Å². The van der Waals surface area contributed by atoms with Crippen molar-refractivity contribution in [1.29, 1.82) is 0 Å². The third-order valence-corrected chi connectivity index (χ3v) is 3.23. The highest BCUT2D eigenvalue weighted by molar-refractivity contribution is 6.04. The first-order valence-corrected chi connectivity index (χ1v) is 6.74. The van der Waals surface area contributed by atoms with Crippen molar-refractivity contribution in [3.63, 3.8) is 0 Å². The van der Waals surface area contributed by atoms with E-state index in [2.05, 4.69) is 5.32 Å². The number of nitrogens with one attached hydrogen (secondary N) is 1. The summed E-state index contributed by atoms with van der Waals surface area (Å²) in [7, 11) is 0. The molecule has 1 N–H and O–H groups in total. The zero-order chi connectivity index (χ0) is 14.7. The van der Waals surface area contributed by atoms with Crippen molar-refractivity contribution in [2.45, 2.75) is 6.92 Å². The summed E-state index contributed by atoms with van der Waals surface area (Å²) in [5.41, 5.74) is 3.46. The molecule has 0 saturated heterocycles. The zero-order valence-electron chi connectivity index (χ0n) is 11.7. The first-order chi connectivity index (χ1) is 10.2. The van der Waals surface area contributed by atoms with E-state index in [1.165, 1.54) is 0 Å². The lowest BCUT2D eigenvalue weighted by Gasteiger charge is -2.06. The van der Waals surface area contributed by atoms with Crippen LogP contribution in [-0.2, 0) is 0 Å². The molecule has 0 atom stereocenters. The monoisotopic (exact) mass is 277 g/mol. The quantitative estimate of drug-likeness (QED) is 0.765. The molecule has 0 aliphatic carbocycles. The van der Waals surface area contributed by atoms with Gasteiger partial charge in [-0.2, -0.15) is 0 Å². The van der Waals surface area contributed by atoms with E-state index in [0.717, 1.165) is 22.6 Å². The molecule has 0 aliphatic heterocycles. The summed E-state index contributed by atoms with van der Waals surface area (Å²) in [6, 6.07) is 18.8. The molecule has 21 heavy (non-hydrogen) atoms. The van der Waals surface area contributed by atoms with Gasteiger partial charge in [0.2, 0.25) is 0 Å². The highest BCUT2D eigenvalue weighted by Gasteiger charge is 2.06. The van der Waals surface area contributed by atoms with Crippen LogP contribution in [0.1, 0.15) is 15.9 Å². The zero-order valence-corrected chi connectivity index (χ0v) is 11.7. The number of furan rings is 1. The van der Waals surface area contributed by atoms with Gasteiger partial charge in [0.05, 0.1) is 6.26 Å². The van der Waals surface area contributed by atoms with Crippen LogP contribution in [-0.4, -0.2) is 5.91 Å². The van der Waals surface area contributed by atoms with Crippen molar-refractivity contribution in [2.75, 3.05) is 5.32 Å². The predicted molar refractivity (Wildman–Crippen MR) is 83.3 cm³/mol. The largest absolute Gasteiger partial charge is 0.464 e. The summed E-state index contributed by atoms with van der Waals surface area (Å²) >= 11 is 0. The minimum absolute atomic E-state index is 0.107. The molecule has 0 unspecified atom stereocenters. The number of carbonyl (C=O) groups is 1. The molecule has 1 aromatic heterocycles. The van der Waals surface area contributed by atoms with Crippen LogP contribution >= 0.6 is 0 Å². The van der Waals surface area contributed by atoms with Gasteiger partial charge in [-0.25, -0.2) is 0 Å². The maximum Gasteiger partial charge on any atom is 0.255 e. The maximum atomic E-state index is 12.2. The Morgan fingerprint density at radius 1 is 1.00 bits per heavy atom. The Kier molecular flexibility index (Phi) is 3.56. The van der Waals surface area contributed by atoms with Crippen LogP contribution in [0, 0.1) is 6.92 Å². The Hall–Kier alpha value is -2.81. The average molecular weight is 277 g/mol. The predicted octanol–water partition coefficient (Wildman–Crippen LogP) is 4.51. The van der Waals surface area contributed by atoms with E-state index in [1.54, 1.807) is 12.3 Å². The Bertz CT molecular complexity index is 743. The summed E-state index contributed by atoms with van der Waals surface area (Å²) in [5, 5.41) is 2.89. The number of carbonyl (C=O) groups excluding carboxylic acids is 1. The van der Waals surface area contributed by atoms with Gasteiger partial charge in [0.25, 0.3) is 5.91 Å². The number of amides is 1. The van der Waals surface area contributed by atoms with Crippen molar-refractivity contribution >= 4 is 11.6 Å². The Labute approximate surface area is 123 Å². The topological polar surface area (TPSA) is 42.2 Å². The molecule has 1 heterocycles. The van der Waals surface area contributed by atoms with Gasteiger partial charge in [-0.15, -0.1) is 0 Å². The van der Waals surface area contributed by atoms with Gasteiger partial charge in [-0.3, -0.25) is 4.79 Å². The third kappa shape index (κ3) is 3.03. The molecule has 0 radical (unpaired) electrons. The smallest absolute Gasteiger partial charge is 0.255 e. The van der Waals surface area contributed by atoms with Crippen molar-refractivity contribution in [3.8, 4) is 11.3 Å². The van der Waals surface area contributed by atoms with Crippen molar-refractivity contribution in [2.24, 2.45) is 0 Å². The molecule has 0 bridgehead atoms. The minimum atomic E-state index is -0.107. The molecular formula is C18H15NO2. The van der Waals surface area contributed by atoms with E-state index in [9.17, 15) is 4.79 Å². The fourth-order valence-electron chi connectivity index (χ4n) is 2.15. The summed E-state index contributed by atoms with van der Waals surface area (Å²) < 4.78 is 5.34. The Morgan fingerprint density at radius 2 is 1.81 bits per heavy atom. The fourth-order valence-corrected chi connectivity index (χ4v) is 2.15. The first kappa shape index (κ1) is 13.2. The van der Waals surface area contributed by atoms with Crippen LogP contribution in [0.15, 0.2) is 71.3 Å². The van der Waals surface area contributed by atoms with Gasteiger partial charge in [0.15, 0.2) is 0 Å². The molecule has 0 aliphatic rings. The second kappa shape index (κ2) is 5.67. The average Bonchev–Trinajstić information content (AvgIpc) is 3.02. The van der Waals surface area contributed by atoms with Crippen LogP contribution in [0.5, 0.6) is 0 Å². The van der Waals surface area contributed by atoms with E-state index >= 15 is 0 Å². The van der Waals surface area contributed by atoms with Crippen LogP contribution in [0.25, 0.3) is 11.3 Å². The molecule has 2 aromatic carbocycles. The van der Waals surface area contributed by atoms with Gasteiger partial charge < -0.3 is 9.73 Å². The van der Waals surface area contributed by atoms with E-state index in [1.807, 2.05) is 61.5 Å². The number of hydrogen-bond acceptors (Lipinski definition) is 2. The summed E-state index contributed by atoms with van der Waals surface area (Å²) in [6.07, 6.45) is 1.64. The second-order valence-electron chi connectivity index (χ2n) is 4.88. The van der Waals surface area contributed by atoms with Crippen LogP contribution in [0.2, 0.25) is 0 Å². The van der Waals surface area contributed by atoms with Gasteiger partial charge in [-0.1, -0.05) is 17.7 Å². The van der Waals surface area contributed by atoms with E-state index < -0.39 is 0 Å². The van der Waals surface area contributed by atoms with Gasteiger partial charge in [-0.05, 0) is 55.5 Å². The van der Waals surface area contributed by atoms with E-state index in [-0.39, 0.29) is 5.91 Å². The van der Waals surface area contributed by atoms with E-state index in [4.69, 9.17) is 4.42 Å². The van der Waals surface area contributed by atoms with Crippen molar-refractivity contribution in [1.82, 2.24) is 0 Å². The molecule has 0 fully saturated rings. The highest BCUT2D eigenvalue weighted by Crippen LogP contribution is 2.22. The normalized spacial score (nSPS) is 10.3. The maximum absolute atomic E-state index is 12.2. The molecule has 3 heteroatoms. The number of aryl methyl sites for hydroxylation is 1. The molecule has 3 rings (SSSR count). The van der Waals surface area contributed by atoms with Crippen molar-refractivity contribution in [3.05, 3.63) is 78.1 Å². The fraction of sp³-hybridized carbons (Fsp3) is 0.0556. The van der Waals surface area contributed by atoms with Crippen LogP contribution in [0.3, 0.4) is 0 Å². The number of hydrogen-bond donors (Lipinski definition) is 1. The van der Waals surface area contributed by atoms with Crippen LogP contribution in [0.4, 0.5) is 5.69 Å². The Balaban J connectivity index is 1.75. The lowest BCUT2D eigenvalue weighted by Crippen LogP contribution is -2.11. The lowest BCUT2D eigenvalue weighted by molar-refractivity contribution is 0.102. The molecule has 3 nitrogen and oxygen atoms in total. The molecule has 3 aromatic rings. The molecule has 0 spiro atoms. The summed E-state index contributed by atoms with van der Waals surface area (Å²) in [5.74, 6) is 0.705. The summed E-state index contributed by atoms with van der Waals surface area (Å²) in [6.45, 7) is 1.97. The van der Waals surface area contributed by atoms with Gasteiger partial charge >= 0.3 is 0 Å². The molecular weight excluding hydrogens is 262 g/mol. The van der Waals surface area contributed by atoms with Crippen molar-refractivity contribution < 1.29 is 9.21 Å². The number of benzene rings is 2.